The number of aryl methyl sites for hydroxylation is 2. The van der Waals surface area contributed by atoms with Crippen LogP contribution in [0.15, 0.2) is 29.3 Å². The molecule has 0 atom stereocenters. The minimum Gasteiger partial charge on any atom is -0.394 e. The molecule has 17 heavy (non-hydrogen) atoms. The Morgan fingerprint density at radius 1 is 1.29 bits per heavy atom. The predicted molar refractivity (Wildman–Crippen MR) is 66.7 cm³/mol. The van der Waals surface area contributed by atoms with Crippen molar-refractivity contribution in [3.8, 4) is 11.1 Å². The van der Waals surface area contributed by atoms with Gasteiger partial charge in [-0.25, -0.2) is 0 Å². The molecule has 4 heteroatoms. The van der Waals surface area contributed by atoms with E-state index in [9.17, 15) is 4.79 Å². The van der Waals surface area contributed by atoms with Gasteiger partial charge >= 0.3 is 0 Å². The van der Waals surface area contributed by atoms with Gasteiger partial charge in [0.25, 0.3) is 5.56 Å². The molecule has 0 amide bonds. The van der Waals surface area contributed by atoms with Gasteiger partial charge in [-0.3, -0.25) is 9.78 Å². The maximum Gasteiger partial charge on any atom is 0.271 e. The van der Waals surface area contributed by atoms with Crippen LogP contribution < -0.4 is 11.3 Å². The molecule has 0 aromatic carbocycles. The molecule has 4 nitrogen and oxygen atoms in total. The van der Waals surface area contributed by atoms with Crippen molar-refractivity contribution < 1.29 is 0 Å². The van der Waals surface area contributed by atoms with E-state index in [2.05, 4.69) is 9.97 Å². The molecule has 3 N–H and O–H groups in total. The summed E-state index contributed by atoms with van der Waals surface area (Å²) < 4.78 is 0. The minimum atomic E-state index is -0.193. The molecule has 0 unspecified atom stereocenters. The Kier molecular flexibility index (Phi) is 2.21. The van der Waals surface area contributed by atoms with Gasteiger partial charge in [0.05, 0.1) is 5.69 Å². The topological polar surface area (TPSA) is 71.8 Å². The van der Waals surface area contributed by atoms with Gasteiger partial charge in [-0.05, 0) is 42.5 Å². The fourth-order valence-corrected chi connectivity index (χ4v) is 2.37. The molecule has 0 bridgehead atoms. The summed E-state index contributed by atoms with van der Waals surface area (Å²) in [6, 6.07) is 3.76. The van der Waals surface area contributed by atoms with Gasteiger partial charge in [0, 0.05) is 23.7 Å². The summed E-state index contributed by atoms with van der Waals surface area (Å²) in [6.07, 6.45) is 6.55. The van der Waals surface area contributed by atoms with E-state index in [4.69, 9.17) is 5.73 Å². The van der Waals surface area contributed by atoms with Gasteiger partial charge in [-0.2, -0.15) is 0 Å². The van der Waals surface area contributed by atoms with Crippen molar-refractivity contribution in [2.45, 2.75) is 19.3 Å². The first-order valence-corrected chi connectivity index (χ1v) is 5.70. The highest BCUT2D eigenvalue weighted by molar-refractivity contribution is 5.72. The third-order valence-electron chi connectivity index (χ3n) is 3.22. The second kappa shape index (κ2) is 3.73. The summed E-state index contributed by atoms with van der Waals surface area (Å²) in [5.41, 5.74) is 10.1. The normalized spacial score (nSPS) is 13.6. The smallest absolute Gasteiger partial charge is 0.271 e. The van der Waals surface area contributed by atoms with Crippen LogP contribution in [-0.2, 0) is 12.8 Å². The van der Waals surface area contributed by atoms with Gasteiger partial charge in [0.1, 0.15) is 0 Å². The van der Waals surface area contributed by atoms with Crippen molar-refractivity contribution in [2.24, 2.45) is 0 Å². The third-order valence-corrected chi connectivity index (χ3v) is 3.22. The van der Waals surface area contributed by atoms with Gasteiger partial charge in [0.15, 0.2) is 0 Å². The van der Waals surface area contributed by atoms with Crippen molar-refractivity contribution in [3.63, 3.8) is 0 Å². The molecule has 1 aliphatic carbocycles. The van der Waals surface area contributed by atoms with E-state index in [0.717, 1.165) is 36.1 Å². The minimum absolute atomic E-state index is 0.193. The maximum absolute atomic E-state index is 11.5. The molecule has 1 aliphatic rings. The first-order chi connectivity index (χ1) is 8.25. The van der Waals surface area contributed by atoms with Crippen LogP contribution in [0.25, 0.3) is 11.1 Å². The van der Waals surface area contributed by atoms with Crippen molar-refractivity contribution in [2.75, 3.05) is 5.73 Å². The molecule has 0 radical (unpaired) electrons. The Morgan fingerprint density at radius 2 is 2.18 bits per heavy atom. The second-order valence-corrected chi connectivity index (χ2v) is 4.33. The lowest BCUT2D eigenvalue weighted by Crippen LogP contribution is -2.14. The van der Waals surface area contributed by atoms with Crippen molar-refractivity contribution >= 4 is 5.69 Å². The number of nitrogens with one attached hydrogen (secondary N) is 1. The average molecular weight is 227 g/mol. The lowest BCUT2D eigenvalue weighted by molar-refractivity contribution is 0.809. The average Bonchev–Trinajstić information content (AvgIpc) is 2.50. The molecule has 86 valence electrons. The molecular weight excluding hydrogens is 214 g/mol. The highest BCUT2D eigenvalue weighted by atomic mass is 16.1. The van der Waals surface area contributed by atoms with Crippen LogP contribution in [0.4, 0.5) is 5.69 Å². The summed E-state index contributed by atoms with van der Waals surface area (Å²) in [6.45, 7) is 0. The molecular formula is C13H13N3O. The molecule has 2 aromatic heterocycles. The number of pyridine rings is 2. The number of aromatic amines is 1. The lowest BCUT2D eigenvalue weighted by atomic mass is 10.0. The Labute approximate surface area is 98.5 Å². The number of nitrogens with zero attached hydrogens (tertiary/aromatic N) is 1. The lowest BCUT2D eigenvalue weighted by Gasteiger charge is -2.08. The zero-order valence-electron chi connectivity index (χ0n) is 9.36. The molecule has 2 aromatic rings. The fourth-order valence-electron chi connectivity index (χ4n) is 2.37. The molecule has 0 saturated carbocycles. The van der Waals surface area contributed by atoms with Crippen molar-refractivity contribution in [3.05, 3.63) is 46.1 Å². The highest BCUT2D eigenvalue weighted by Gasteiger charge is 2.15. The molecule has 3 rings (SSSR count). The van der Waals surface area contributed by atoms with Crippen LogP contribution in [0.1, 0.15) is 17.7 Å². The van der Waals surface area contributed by atoms with E-state index in [1.807, 2.05) is 12.3 Å². The number of aromatic nitrogens is 2. The van der Waals surface area contributed by atoms with Crippen LogP contribution >= 0.6 is 0 Å². The standard InChI is InChI=1S/C13H13N3O/c14-11-6-10-9-4-5-15-7-8(9)2-1-3-12(10)16-13(11)17/h4-7H,1-3,14H2,(H,16,17). The number of anilines is 1. The summed E-state index contributed by atoms with van der Waals surface area (Å²) >= 11 is 0. The van der Waals surface area contributed by atoms with E-state index in [1.54, 1.807) is 12.3 Å². The molecule has 0 spiro atoms. The Hall–Kier alpha value is -2.10. The van der Waals surface area contributed by atoms with Gasteiger partial charge in [-0.1, -0.05) is 0 Å². The Balaban J connectivity index is 2.32. The fraction of sp³-hybridized carbons (Fsp3) is 0.231. The maximum atomic E-state index is 11.5. The van der Waals surface area contributed by atoms with Crippen LogP contribution in [-0.4, -0.2) is 9.97 Å². The van der Waals surface area contributed by atoms with Crippen LogP contribution in [0.2, 0.25) is 0 Å². The van der Waals surface area contributed by atoms with Crippen LogP contribution in [0, 0.1) is 0 Å². The number of hydrogen-bond donors (Lipinski definition) is 2. The van der Waals surface area contributed by atoms with Gasteiger partial charge in [-0.15, -0.1) is 0 Å². The van der Waals surface area contributed by atoms with Crippen molar-refractivity contribution in [1.82, 2.24) is 9.97 Å². The first kappa shape index (κ1) is 10.1. The summed E-state index contributed by atoms with van der Waals surface area (Å²) in [5, 5.41) is 0. The molecule has 0 aliphatic heterocycles. The number of fused-ring (bicyclic) bond motifs is 3. The van der Waals surface area contributed by atoms with E-state index < -0.39 is 0 Å². The predicted octanol–water partition coefficient (Wildman–Crippen LogP) is 1.51. The highest BCUT2D eigenvalue weighted by Crippen LogP contribution is 2.30. The largest absolute Gasteiger partial charge is 0.394 e. The molecule has 0 saturated heterocycles. The molecule has 2 heterocycles. The summed E-state index contributed by atoms with van der Waals surface area (Å²) in [4.78, 5) is 18.5. The second-order valence-electron chi connectivity index (χ2n) is 4.33. The van der Waals surface area contributed by atoms with E-state index >= 15 is 0 Å². The summed E-state index contributed by atoms with van der Waals surface area (Å²) in [5.74, 6) is 0. The van der Waals surface area contributed by atoms with E-state index in [1.165, 1.54) is 5.56 Å². The van der Waals surface area contributed by atoms with Gasteiger partial charge in [0.2, 0.25) is 0 Å². The Bertz CT molecular complexity index is 631. The monoisotopic (exact) mass is 227 g/mol. The quantitative estimate of drug-likeness (QED) is 0.716. The number of hydrogen-bond acceptors (Lipinski definition) is 3. The number of nitrogens with two attached hydrogens (primary N) is 1. The Morgan fingerprint density at radius 3 is 3.06 bits per heavy atom. The number of rotatable bonds is 0. The van der Waals surface area contributed by atoms with Crippen molar-refractivity contribution in [1.29, 1.82) is 0 Å². The van der Waals surface area contributed by atoms with E-state index in [-0.39, 0.29) is 11.2 Å². The zero-order chi connectivity index (χ0) is 11.8. The number of H-pyrrole nitrogens is 1. The summed E-state index contributed by atoms with van der Waals surface area (Å²) in [7, 11) is 0. The van der Waals surface area contributed by atoms with Gasteiger partial charge < -0.3 is 10.7 Å². The first-order valence-electron chi connectivity index (χ1n) is 5.70. The van der Waals surface area contributed by atoms with Crippen LogP contribution in [0.5, 0.6) is 0 Å². The van der Waals surface area contributed by atoms with E-state index in [0.29, 0.717) is 0 Å². The number of nitrogen functional groups attached to an aromatic ring is 1. The SMILES string of the molecule is Nc1cc2c([nH]c1=O)CCCc1cnccc1-2. The third kappa shape index (κ3) is 1.62. The van der Waals surface area contributed by atoms with Crippen LogP contribution in [0.3, 0.4) is 0 Å². The zero-order valence-corrected chi connectivity index (χ0v) is 9.36. The molecule has 0 fully saturated rings.